The Hall–Kier alpha value is -5.98. The summed E-state index contributed by atoms with van der Waals surface area (Å²) in [5, 5.41) is 11.2. The van der Waals surface area contributed by atoms with Crippen molar-refractivity contribution >= 4 is 28.6 Å². The number of hydrogen-bond donors (Lipinski definition) is 1. The van der Waals surface area contributed by atoms with Crippen molar-refractivity contribution in [2.75, 3.05) is 12.3 Å². The molecule has 2 aromatic heterocycles. The van der Waals surface area contributed by atoms with Crippen LogP contribution in [0.25, 0.3) is 11.2 Å². The van der Waals surface area contributed by atoms with E-state index in [0.29, 0.717) is 11.2 Å². The van der Waals surface area contributed by atoms with Gasteiger partial charge in [-0.05, 0) is 28.8 Å². The molecule has 0 aliphatic carbocycles. The molecule has 7 rings (SSSR count). The van der Waals surface area contributed by atoms with Gasteiger partial charge in [-0.2, -0.15) is 0 Å². The van der Waals surface area contributed by atoms with Crippen LogP contribution in [0, 0.1) is 10.1 Å². The lowest BCUT2D eigenvalue weighted by Gasteiger charge is -2.37. The Morgan fingerprint density at radius 2 is 1.46 bits per heavy atom. The van der Waals surface area contributed by atoms with Gasteiger partial charge in [0, 0.05) is 18.6 Å². The summed E-state index contributed by atoms with van der Waals surface area (Å²) in [6, 6.07) is 35.0. The van der Waals surface area contributed by atoms with Crippen LogP contribution in [-0.4, -0.2) is 49.2 Å². The number of nitro benzene ring substituents is 1. The predicted octanol–water partition coefficient (Wildman–Crippen LogP) is 5.84. The maximum atomic E-state index is 13.4. The molecule has 1 fully saturated rings. The van der Waals surface area contributed by atoms with Crippen LogP contribution in [0.15, 0.2) is 128 Å². The van der Waals surface area contributed by atoms with Crippen molar-refractivity contribution in [3.05, 3.63) is 160 Å². The molecule has 6 aromatic rings. The van der Waals surface area contributed by atoms with Crippen LogP contribution in [0.5, 0.6) is 0 Å². The number of benzene rings is 4. The summed E-state index contributed by atoms with van der Waals surface area (Å²) in [6.07, 6.45) is 1.04. The molecule has 0 bridgehead atoms. The van der Waals surface area contributed by atoms with Crippen molar-refractivity contribution in [2.24, 2.45) is 0 Å². The van der Waals surface area contributed by atoms with Crippen molar-refractivity contribution < 1.29 is 23.9 Å². The quantitative estimate of drug-likeness (QED) is 0.0833. The molecule has 3 heterocycles. The molecule has 0 unspecified atom stereocenters. The maximum Gasteiger partial charge on any atom is 0.338 e. The average Bonchev–Trinajstić information content (AvgIpc) is 3.75. The lowest BCUT2D eigenvalue weighted by Crippen LogP contribution is -2.39. The predicted molar refractivity (Wildman–Crippen MR) is 176 cm³/mol. The van der Waals surface area contributed by atoms with Crippen LogP contribution in [0.1, 0.15) is 39.7 Å². The summed E-state index contributed by atoms with van der Waals surface area (Å²) >= 11 is 0. The number of imidazole rings is 1. The van der Waals surface area contributed by atoms with E-state index in [1.54, 1.807) is 10.9 Å². The molecule has 2 N–H and O–H groups in total. The minimum atomic E-state index is -1.04. The summed E-state index contributed by atoms with van der Waals surface area (Å²) in [5.41, 5.74) is 8.67. The molecule has 12 nitrogen and oxygen atoms in total. The van der Waals surface area contributed by atoms with Gasteiger partial charge in [-0.1, -0.05) is 91.0 Å². The van der Waals surface area contributed by atoms with E-state index in [0.717, 1.165) is 16.7 Å². The van der Waals surface area contributed by atoms with Gasteiger partial charge in [-0.3, -0.25) is 14.7 Å². The molecule has 240 valence electrons. The molecule has 0 saturated carbocycles. The number of hydrogen-bond acceptors (Lipinski definition) is 10. The summed E-state index contributed by atoms with van der Waals surface area (Å²) in [6.45, 7) is 0.0249. The van der Waals surface area contributed by atoms with Crippen LogP contribution in [0.3, 0.4) is 0 Å². The molecule has 3 atom stereocenters. The van der Waals surface area contributed by atoms with E-state index in [9.17, 15) is 14.9 Å². The molecule has 1 aliphatic rings. The third kappa shape index (κ3) is 5.74. The Kier molecular flexibility index (Phi) is 8.32. The first-order chi connectivity index (χ1) is 23.4. The fourth-order valence-electron chi connectivity index (χ4n) is 6.13. The van der Waals surface area contributed by atoms with Gasteiger partial charge in [-0.25, -0.2) is 19.7 Å². The second-order valence-corrected chi connectivity index (χ2v) is 11.3. The number of rotatable bonds is 10. The summed E-state index contributed by atoms with van der Waals surface area (Å²) in [4.78, 5) is 36.8. The Morgan fingerprint density at radius 3 is 2.02 bits per heavy atom. The smallest absolute Gasteiger partial charge is 0.338 e. The second kappa shape index (κ2) is 13.0. The van der Waals surface area contributed by atoms with Gasteiger partial charge in [0.15, 0.2) is 11.5 Å². The standard InChI is InChI=1S/C36H30N6O6/c37-33-32-34(39-22-38-33)41(23-40-32)31-20-29(48-35(43)24-16-18-28(19-17-24)42(44)45)30(47-31)21-46-36(25-10-4-1-5-11-25,26-12-6-2-7-13-26)27-14-8-3-9-15-27/h1-19,22-23,29-31H,20-21H2,(H2,37,38,39)/t29-,30+,31+/m0/s1. The Labute approximate surface area is 274 Å². The van der Waals surface area contributed by atoms with E-state index in [-0.39, 0.29) is 30.1 Å². The van der Waals surface area contributed by atoms with E-state index in [1.807, 2.05) is 91.0 Å². The normalized spacial score (nSPS) is 17.7. The van der Waals surface area contributed by atoms with E-state index < -0.39 is 34.9 Å². The second-order valence-electron chi connectivity index (χ2n) is 11.3. The highest BCUT2D eigenvalue weighted by Gasteiger charge is 2.44. The Morgan fingerprint density at radius 1 is 0.875 bits per heavy atom. The van der Waals surface area contributed by atoms with Gasteiger partial charge >= 0.3 is 5.97 Å². The largest absolute Gasteiger partial charge is 0.456 e. The molecular formula is C36H30N6O6. The summed E-state index contributed by atoms with van der Waals surface area (Å²) in [5.74, 6) is -0.414. The molecule has 1 aliphatic heterocycles. The van der Waals surface area contributed by atoms with Crippen molar-refractivity contribution in [3.63, 3.8) is 0 Å². The SMILES string of the molecule is Nc1ncnc2c1ncn2[C@H]1C[C@H](OC(=O)c2ccc([N+](=O)[O-])cc2)[C@@H](COC(c2ccccc2)(c2ccccc2)c2ccccc2)O1. The third-order valence-electron chi connectivity index (χ3n) is 8.46. The van der Waals surface area contributed by atoms with Crippen LogP contribution in [0.2, 0.25) is 0 Å². The number of nitro groups is 1. The number of anilines is 1. The van der Waals surface area contributed by atoms with Gasteiger partial charge in [0.1, 0.15) is 35.9 Å². The van der Waals surface area contributed by atoms with E-state index in [4.69, 9.17) is 19.9 Å². The zero-order valence-electron chi connectivity index (χ0n) is 25.5. The highest BCUT2D eigenvalue weighted by molar-refractivity contribution is 5.89. The van der Waals surface area contributed by atoms with Gasteiger partial charge < -0.3 is 19.9 Å². The Balaban J connectivity index is 1.25. The first kappa shape index (κ1) is 30.7. The summed E-state index contributed by atoms with van der Waals surface area (Å²) < 4.78 is 21.4. The summed E-state index contributed by atoms with van der Waals surface area (Å²) in [7, 11) is 0. The number of nitrogen functional groups attached to an aromatic ring is 1. The molecule has 1 saturated heterocycles. The number of esters is 1. The molecule has 0 amide bonds. The fourth-order valence-corrected chi connectivity index (χ4v) is 6.13. The number of nitrogens with zero attached hydrogens (tertiary/aromatic N) is 5. The minimum absolute atomic E-state index is 0.0249. The van der Waals surface area contributed by atoms with Gasteiger partial charge in [0.2, 0.25) is 0 Å². The topological polar surface area (TPSA) is 158 Å². The first-order valence-electron chi connectivity index (χ1n) is 15.3. The van der Waals surface area contributed by atoms with Gasteiger partial charge in [-0.15, -0.1) is 0 Å². The molecule has 48 heavy (non-hydrogen) atoms. The lowest BCUT2D eigenvalue weighted by atomic mass is 9.80. The van der Waals surface area contributed by atoms with Crippen LogP contribution in [0.4, 0.5) is 11.5 Å². The van der Waals surface area contributed by atoms with Gasteiger partial charge in [0.05, 0.1) is 23.4 Å². The molecular weight excluding hydrogens is 612 g/mol. The van der Waals surface area contributed by atoms with Crippen LogP contribution < -0.4 is 5.73 Å². The van der Waals surface area contributed by atoms with Crippen molar-refractivity contribution in [3.8, 4) is 0 Å². The number of fused-ring (bicyclic) bond motifs is 1. The van der Waals surface area contributed by atoms with Crippen molar-refractivity contribution in [1.29, 1.82) is 0 Å². The van der Waals surface area contributed by atoms with E-state index in [1.165, 1.54) is 30.6 Å². The number of carbonyl (C=O) groups is 1. The minimum Gasteiger partial charge on any atom is -0.456 e. The Bertz CT molecular complexity index is 1940. The molecule has 4 aromatic carbocycles. The highest BCUT2D eigenvalue weighted by Crippen LogP contribution is 2.42. The van der Waals surface area contributed by atoms with E-state index >= 15 is 0 Å². The van der Waals surface area contributed by atoms with Crippen molar-refractivity contribution in [2.45, 2.75) is 30.5 Å². The zero-order valence-corrected chi connectivity index (χ0v) is 25.5. The van der Waals surface area contributed by atoms with Crippen molar-refractivity contribution in [1.82, 2.24) is 19.5 Å². The fraction of sp³-hybridized carbons (Fsp3) is 0.167. The highest BCUT2D eigenvalue weighted by atomic mass is 16.6. The molecule has 0 radical (unpaired) electrons. The monoisotopic (exact) mass is 642 g/mol. The number of ether oxygens (including phenoxy) is 3. The molecule has 0 spiro atoms. The maximum absolute atomic E-state index is 13.4. The van der Waals surface area contributed by atoms with Crippen LogP contribution in [-0.2, 0) is 19.8 Å². The average molecular weight is 643 g/mol. The number of non-ortho nitro benzene ring substituents is 1. The lowest BCUT2D eigenvalue weighted by molar-refractivity contribution is -0.384. The zero-order chi connectivity index (χ0) is 33.1. The van der Waals surface area contributed by atoms with Crippen LogP contribution >= 0.6 is 0 Å². The number of aromatic nitrogens is 4. The first-order valence-corrected chi connectivity index (χ1v) is 15.3. The van der Waals surface area contributed by atoms with E-state index in [2.05, 4.69) is 15.0 Å². The third-order valence-corrected chi connectivity index (χ3v) is 8.46. The number of nitrogens with two attached hydrogens (primary N) is 1. The molecule has 12 heteroatoms. The number of carbonyl (C=O) groups excluding carboxylic acids is 1. The van der Waals surface area contributed by atoms with Gasteiger partial charge in [0.25, 0.3) is 5.69 Å².